The fourth-order valence-corrected chi connectivity index (χ4v) is 3.78. The van der Waals surface area contributed by atoms with E-state index in [0.29, 0.717) is 0 Å². The molecule has 0 fully saturated rings. The molecule has 0 aromatic heterocycles. The summed E-state index contributed by atoms with van der Waals surface area (Å²) in [7, 11) is 0. The molecule has 0 saturated carbocycles. The fourth-order valence-electron chi connectivity index (χ4n) is 3.78. The molecule has 1 unspecified atom stereocenters. The monoisotopic (exact) mass is 445 g/mol. The summed E-state index contributed by atoms with van der Waals surface area (Å²) in [5, 5.41) is 0. The number of rotatable bonds is 10. The van der Waals surface area contributed by atoms with E-state index in [4.69, 9.17) is 5.73 Å². The lowest BCUT2D eigenvalue weighted by atomic mass is 9.99. The molecule has 3 aromatic rings. The molecule has 0 radical (unpaired) electrons. The molecule has 172 valence electrons. The highest BCUT2D eigenvalue weighted by Gasteiger charge is 2.03. The second-order valence-electron chi connectivity index (χ2n) is 8.39. The van der Waals surface area contributed by atoms with Crippen LogP contribution in [0, 0.1) is 0 Å². The first-order chi connectivity index (χ1) is 16.6. The van der Waals surface area contributed by atoms with E-state index in [9.17, 15) is 0 Å². The molecule has 0 aliphatic heterocycles. The van der Waals surface area contributed by atoms with Crippen LogP contribution in [0.15, 0.2) is 122 Å². The Hall–Kier alpha value is -3.68. The van der Waals surface area contributed by atoms with Crippen molar-refractivity contribution >= 4 is 17.2 Å². The summed E-state index contributed by atoms with van der Waals surface area (Å²) >= 11 is 0. The van der Waals surface area contributed by atoms with Crippen molar-refractivity contribution in [1.82, 2.24) is 0 Å². The number of hydrogen-bond donors (Lipinski definition) is 1. The first-order valence-corrected chi connectivity index (χ1v) is 11.9. The van der Waals surface area contributed by atoms with E-state index in [2.05, 4.69) is 117 Å². The maximum atomic E-state index is 6.44. The third kappa shape index (κ3) is 7.43. The van der Waals surface area contributed by atoms with Gasteiger partial charge in [-0.25, -0.2) is 0 Å². The van der Waals surface area contributed by atoms with Crippen molar-refractivity contribution in [2.24, 2.45) is 5.73 Å². The van der Waals surface area contributed by atoms with Crippen molar-refractivity contribution in [1.29, 1.82) is 0 Å². The van der Waals surface area contributed by atoms with E-state index in [1.54, 1.807) is 0 Å². The van der Waals surface area contributed by atoms with Gasteiger partial charge in [0.1, 0.15) is 0 Å². The zero-order valence-corrected chi connectivity index (χ0v) is 20.3. The first kappa shape index (κ1) is 25.0. The molecule has 0 bridgehead atoms. The molecule has 1 nitrogen and oxygen atoms in total. The largest absolute Gasteiger partial charge is 0.321 e. The van der Waals surface area contributed by atoms with Crippen molar-refractivity contribution in [2.45, 2.75) is 32.7 Å². The van der Waals surface area contributed by atoms with Crippen molar-refractivity contribution in [2.75, 3.05) is 0 Å². The summed E-state index contributed by atoms with van der Waals surface area (Å²) < 4.78 is 0. The average molecular weight is 446 g/mol. The molecule has 0 heterocycles. The smallest absolute Gasteiger partial charge is 0.0484 e. The first-order valence-electron chi connectivity index (χ1n) is 11.9. The van der Waals surface area contributed by atoms with Gasteiger partial charge in [0.15, 0.2) is 0 Å². The maximum Gasteiger partial charge on any atom is 0.0484 e. The highest BCUT2D eigenvalue weighted by molar-refractivity contribution is 5.75. The molecule has 3 aromatic carbocycles. The lowest BCUT2D eigenvalue weighted by Gasteiger charge is -2.09. The fraction of sp³-hybridized carbons (Fsp3) is 0.152. The van der Waals surface area contributed by atoms with Crippen LogP contribution in [0.1, 0.15) is 54.1 Å². The van der Waals surface area contributed by atoms with Crippen molar-refractivity contribution < 1.29 is 0 Å². The van der Waals surface area contributed by atoms with E-state index in [-0.39, 0.29) is 6.04 Å². The van der Waals surface area contributed by atoms with Crippen molar-refractivity contribution in [3.8, 4) is 0 Å². The quantitative estimate of drug-likeness (QED) is 0.311. The predicted molar refractivity (Wildman–Crippen MR) is 150 cm³/mol. The van der Waals surface area contributed by atoms with Gasteiger partial charge < -0.3 is 5.73 Å². The number of benzene rings is 3. The molecule has 1 heteroatoms. The highest BCUT2D eigenvalue weighted by atomic mass is 14.6. The summed E-state index contributed by atoms with van der Waals surface area (Å²) in [6, 6.07) is 27.5. The van der Waals surface area contributed by atoms with E-state index in [0.717, 1.165) is 35.1 Å². The van der Waals surface area contributed by atoms with Crippen LogP contribution in [-0.2, 0) is 6.42 Å². The second-order valence-corrected chi connectivity index (χ2v) is 8.39. The maximum absolute atomic E-state index is 6.44. The minimum absolute atomic E-state index is 0.144. The Kier molecular flexibility index (Phi) is 9.64. The number of hydrogen-bond acceptors (Lipinski definition) is 1. The van der Waals surface area contributed by atoms with E-state index in [1.807, 2.05) is 25.2 Å². The van der Waals surface area contributed by atoms with Gasteiger partial charge in [0.25, 0.3) is 0 Å². The number of nitrogens with two attached hydrogens (primary N) is 1. The SMILES string of the molecule is C=C/C(=C\C=C/C)c1ccc(/C=C/C(N)c2ccc(/C(C)=C/CCc3ccccc3)cc2)cc1. The Morgan fingerprint density at radius 3 is 2.24 bits per heavy atom. The number of aryl methyl sites for hydroxylation is 1. The zero-order valence-electron chi connectivity index (χ0n) is 20.3. The lowest BCUT2D eigenvalue weighted by molar-refractivity contribution is 0.915. The molecule has 0 amide bonds. The van der Waals surface area contributed by atoms with Gasteiger partial charge in [-0.1, -0.05) is 128 Å². The topological polar surface area (TPSA) is 26.0 Å². The van der Waals surface area contributed by atoms with Crippen molar-refractivity contribution in [3.63, 3.8) is 0 Å². The molecule has 2 N–H and O–H groups in total. The third-order valence-electron chi connectivity index (χ3n) is 5.91. The molecular formula is C33H35N. The van der Waals surface area contributed by atoms with Crippen LogP contribution >= 0.6 is 0 Å². The van der Waals surface area contributed by atoms with Gasteiger partial charge in [-0.2, -0.15) is 0 Å². The third-order valence-corrected chi connectivity index (χ3v) is 5.91. The molecule has 1 atom stereocenters. The molecule has 0 spiro atoms. The Morgan fingerprint density at radius 2 is 1.59 bits per heavy atom. The van der Waals surface area contributed by atoms with Gasteiger partial charge in [-0.15, -0.1) is 0 Å². The lowest BCUT2D eigenvalue weighted by Crippen LogP contribution is -2.06. The van der Waals surface area contributed by atoms with Gasteiger partial charge in [0, 0.05) is 6.04 Å². The van der Waals surface area contributed by atoms with Crippen molar-refractivity contribution in [3.05, 3.63) is 150 Å². The Balaban J connectivity index is 1.59. The van der Waals surface area contributed by atoms with Gasteiger partial charge in [-0.05, 0) is 65.7 Å². The van der Waals surface area contributed by atoms with Gasteiger partial charge in [0.05, 0.1) is 0 Å². The Labute approximate surface area is 205 Å². The summed E-state index contributed by atoms with van der Waals surface area (Å²) in [5.74, 6) is 0. The predicted octanol–water partition coefficient (Wildman–Crippen LogP) is 8.58. The van der Waals surface area contributed by atoms with E-state index in [1.165, 1.54) is 16.7 Å². The van der Waals surface area contributed by atoms with E-state index >= 15 is 0 Å². The number of allylic oxidation sites excluding steroid dienone is 7. The summed E-state index contributed by atoms with van der Waals surface area (Å²) in [4.78, 5) is 0. The second kappa shape index (κ2) is 13.1. The Bertz CT molecular complexity index is 1160. The molecular weight excluding hydrogens is 410 g/mol. The molecule has 3 rings (SSSR count). The molecule has 0 aliphatic carbocycles. The van der Waals surface area contributed by atoms with E-state index < -0.39 is 0 Å². The highest BCUT2D eigenvalue weighted by Crippen LogP contribution is 2.21. The van der Waals surface area contributed by atoms with Crippen LogP contribution in [0.25, 0.3) is 17.2 Å². The molecule has 34 heavy (non-hydrogen) atoms. The van der Waals surface area contributed by atoms with Gasteiger partial charge in [0.2, 0.25) is 0 Å². The normalized spacial score (nSPS) is 13.5. The van der Waals surface area contributed by atoms with Gasteiger partial charge >= 0.3 is 0 Å². The molecule has 0 saturated heterocycles. The van der Waals surface area contributed by atoms with Crippen LogP contribution in [-0.4, -0.2) is 0 Å². The summed E-state index contributed by atoms with van der Waals surface area (Å²) in [6.45, 7) is 8.10. The standard InChI is InChI=1S/C33H35N/c1-4-6-15-29(5-2)31-19-16-28(17-20-31)18-25-33(34)32-23-21-30(22-24-32)26(3)11-10-14-27-12-8-7-9-13-27/h4-9,11-13,15-25,33H,2,10,14,34H2,1,3H3/b6-4-,25-18+,26-11+,29-15+. The van der Waals surface area contributed by atoms with Crippen LogP contribution in [0.5, 0.6) is 0 Å². The van der Waals surface area contributed by atoms with Crippen LogP contribution in [0.3, 0.4) is 0 Å². The Morgan fingerprint density at radius 1 is 0.912 bits per heavy atom. The minimum Gasteiger partial charge on any atom is -0.321 e. The summed E-state index contributed by atoms with van der Waals surface area (Å²) in [6.07, 6.45) is 16.5. The molecule has 0 aliphatic rings. The van der Waals surface area contributed by atoms with Crippen LogP contribution in [0.2, 0.25) is 0 Å². The zero-order chi connectivity index (χ0) is 24.2. The average Bonchev–Trinajstić information content (AvgIpc) is 2.89. The summed E-state index contributed by atoms with van der Waals surface area (Å²) in [5.41, 5.74) is 14.8. The van der Waals surface area contributed by atoms with Gasteiger partial charge in [-0.3, -0.25) is 0 Å². The van der Waals surface area contributed by atoms with Crippen LogP contribution < -0.4 is 5.73 Å². The van der Waals surface area contributed by atoms with Crippen LogP contribution in [0.4, 0.5) is 0 Å². The minimum atomic E-state index is -0.144.